The lowest BCUT2D eigenvalue weighted by molar-refractivity contribution is 0.0419. The van der Waals surface area contributed by atoms with E-state index in [1.165, 1.54) is 0 Å². The lowest BCUT2D eigenvalue weighted by atomic mass is 10.4. The van der Waals surface area contributed by atoms with E-state index < -0.39 is 27.1 Å². The smallest absolute Gasteiger partial charge is 0.394 e. The second-order valence-corrected chi connectivity index (χ2v) is 2.86. The first-order valence-electron chi connectivity index (χ1n) is 2.44. The zero-order valence-electron chi connectivity index (χ0n) is 5.75. The van der Waals surface area contributed by atoms with Gasteiger partial charge >= 0.3 is 7.82 Å². The summed E-state index contributed by atoms with van der Waals surface area (Å²) in [6.45, 7) is -1.15. The fraction of sp³-hybridized carbons (Fsp3) is 1.00. The third-order valence-corrected chi connectivity index (χ3v) is 1.13. The summed E-state index contributed by atoms with van der Waals surface area (Å²) in [5.41, 5.74) is 0. The molecule has 0 aromatic rings. The monoisotopic (exact) mass is 206 g/mol. The van der Waals surface area contributed by atoms with Gasteiger partial charge in [-0.2, -0.15) is 9.90 Å². The van der Waals surface area contributed by atoms with Gasteiger partial charge in [-0.15, -0.1) is 0 Å². The number of rotatable bonds is 4. The van der Waals surface area contributed by atoms with E-state index in [4.69, 9.17) is 20.0 Å². The lowest BCUT2D eigenvalue weighted by Gasteiger charge is -2.07. The molecule has 2 unspecified atom stereocenters. The molecule has 0 rings (SSSR count). The van der Waals surface area contributed by atoms with Crippen LogP contribution in [0.5, 0.6) is 0 Å². The number of phosphoric acid groups is 1. The van der Waals surface area contributed by atoms with Crippen LogP contribution in [0.3, 0.4) is 0 Å². The van der Waals surface area contributed by atoms with E-state index in [1.807, 2.05) is 0 Å². The van der Waals surface area contributed by atoms with Gasteiger partial charge in [-0.1, -0.05) is 0 Å². The molecule has 6 nitrogen and oxygen atoms in total. The Morgan fingerprint density at radius 2 is 1.91 bits per heavy atom. The third-order valence-electron chi connectivity index (χ3n) is 0.646. The van der Waals surface area contributed by atoms with Crippen LogP contribution in [0.2, 0.25) is 0 Å². The van der Waals surface area contributed by atoms with Crippen LogP contribution in [0.25, 0.3) is 0 Å². The standard InChI is InChI=1S/C3H9O6P.H3P/c4-1-3(5)2-9-10(6,7)8;/h3-5H,1-2H2,(H2,6,7,8);1H3. The van der Waals surface area contributed by atoms with E-state index in [0.717, 1.165) is 0 Å². The minimum absolute atomic E-state index is 0. The molecular formula is C3H12O6P2. The number of aliphatic hydroxyl groups excluding tert-OH is 2. The summed E-state index contributed by atoms with van der Waals surface area (Å²) < 4.78 is 13.8. The minimum atomic E-state index is -4.50. The third kappa shape index (κ3) is 10.5. The molecule has 2 atom stereocenters. The molecule has 4 N–H and O–H groups in total. The summed E-state index contributed by atoms with van der Waals surface area (Å²) in [6, 6.07) is 0. The fourth-order valence-electron chi connectivity index (χ4n) is 0.236. The number of hydrogen-bond donors (Lipinski definition) is 4. The minimum Gasteiger partial charge on any atom is -0.394 e. The molecule has 0 bridgehead atoms. The quantitative estimate of drug-likeness (QED) is 0.417. The molecule has 0 heterocycles. The molecule has 0 fully saturated rings. The van der Waals surface area contributed by atoms with Crippen molar-refractivity contribution in [3.63, 3.8) is 0 Å². The predicted octanol–water partition coefficient (Wildman–Crippen LogP) is -1.49. The van der Waals surface area contributed by atoms with Crippen molar-refractivity contribution in [2.75, 3.05) is 13.2 Å². The van der Waals surface area contributed by atoms with Crippen LogP contribution in [0.4, 0.5) is 0 Å². The number of hydrogen-bond acceptors (Lipinski definition) is 4. The Hall–Kier alpha value is 0.460. The van der Waals surface area contributed by atoms with Crippen molar-refractivity contribution in [3.8, 4) is 0 Å². The van der Waals surface area contributed by atoms with Crippen LogP contribution in [0.1, 0.15) is 0 Å². The highest BCUT2D eigenvalue weighted by atomic mass is 31.2. The lowest BCUT2D eigenvalue weighted by Crippen LogP contribution is -2.18. The first-order valence-corrected chi connectivity index (χ1v) is 3.98. The van der Waals surface area contributed by atoms with Crippen molar-refractivity contribution in [3.05, 3.63) is 0 Å². The van der Waals surface area contributed by atoms with Gasteiger partial charge in [0.2, 0.25) is 0 Å². The molecule has 0 aromatic carbocycles. The predicted molar refractivity (Wildman–Crippen MR) is 42.2 cm³/mol. The molecule has 0 aliphatic heterocycles. The van der Waals surface area contributed by atoms with Gasteiger partial charge in [0.05, 0.1) is 13.2 Å². The van der Waals surface area contributed by atoms with Gasteiger partial charge in [0.1, 0.15) is 6.10 Å². The van der Waals surface area contributed by atoms with Crippen LogP contribution in [-0.2, 0) is 9.09 Å². The molecule has 0 aliphatic rings. The molecule has 0 saturated heterocycles. The van der Waals surface area contributed by atoms with E-state index in [0.29, 0.717) is 0 Å². The molecule has 11 heavy (non-hydrogen) atoms. The average molecular weight is 206 g/mol. The normalized spacial score (nSPS) is 13.8. The van der Waals surface area contributed by atoms with Gasteiger partial charge in [-0.25, -0.2) is 4.57 Å². The van der Waals surface area contributed by atoms with Crippen LogP contribution >= 0.6 is 17.7 Å². The maximum absolute atomic E-state index is 9.93. The van der Waals surface area contributed by atoms with Crippen LogP contribution < -0.4 is 0 Å². The molecule has 0 spiro atoms. The van der Waals surface area contributed by atoms with Crippen LogP contribution in [-0.4, -0.2) is 39.3 Å². The van der Waals surface area contributed by atoms with E-state index in [9.17, 15) is 4.57 Å². The average Bonchev–Trinajstić information content (AvgIpc) is 1.81. The molecular weight excluding hydrogens is 194 g/mol. The maximum atomic E-state index is 9.93. The number of aliphatic hydroxyl groups is 2. The fourth-order valence-corrected chi connectivity index (χ4v) is 0.602. The van der Waals surface area contributed by atoms with Crippen molar-refractivity contribution in [1.82, 2.24) is 0 Å². The summed E-state index contributed by atoms with van der Waals surface area (Å²) in [5, 5.41) is 16.7. The van der Waals surface area contributed by atoms with E-state index in [1.54, 1.807) is 0 Å². The number of phosphoric ester groups is 1. The van der Waals surface area contributed by atoms with Crippen molar-refractivity contribution in [1.29, 1.82) is 0 Å². The highest BCUT2D eigenvalue weighted by molar-refractivity contribution is 7.46. The largest absolute Gasteiger partial charge is 0.469 e. The topological polar surface area (TPSA) is 107 Å². The highest BCUT2D eigenvalue weighted by Gasteiger charge is 2.15. The SMILES string of the molecule is O=P(O)(O)OCC(O)CO.P. The van der Waals surface area contributed by atoms with Crippen LogP contribution in [0, 0.1) is 0 Å². The summed E-state index contributed by atoms with van der Waals surface area (Å²) in [5.74, 6) is 0. The Balaban J connectivity index is 0. The van der Waals surface area contributed by atoms with Gasteiger partial charge in [-0.3, -0.25) is 4.52 Å². The second-order valence-electron chi connectivity index (χ2n) is 1.62. The maximum Gasteiger partial charge on any atom is 0.469 e. The van der Waals surface area contributed by atoms with Gasteiger partial charge in [0.15, 0.2) is 0 Å². The van der Waals surface area contributed by atoms with Crippen molar-refractivity contribution < 1.29 is 29.1 Å². The molecule has 0 radical (unpaired) electrons. The first kappa shape index (κ1) is 14.0. The Bertz CT molecular complexity index is 132. The first-order chi connectivity index (χ1) is 4.45. The Kier molecular flexibility index (Phi) is 7.68. The molecule has 70 valence electrons. The van der Waals surface area contributed by atoms with E-state index in [-0.39, 0.29) is 9.90 Å². The summed E-state index contributed by atoms with van der Waals surface area (Å²) in [6.07, 6.45) is -1.24. The second kappa shape index (κ2) is 6.03. The molecule has 8 heteroatoms. The van der Waals surface area contributed by atoms with Crippen LogP contribution in [0.15, 0.2) is 0 Å². The van der Waals surface area contributed by atoms with Gasteiger partial charge in [0.25, 0.3) is 0 Å². The summed E-state index contributed by atoms with van der Waals surface area (Å²) >= 11 is 0. The van der Waals surface area contributed by atoms with E-state index >= 15 is 0 Å². The zero-order chi connectivity index (χ0) is 8.20. The molecule has 0 amide bonds. The summed E-state index contributed by atoms with van der Waals surface area (Å²) in [7, 11) is -4.50. The van der Waals surface area contributed by atoms with Gasteiger partial charge < -0.3 is 20.0 Å². The Labute approximate surface area is 67.1 Å². The molecule has 0 aromatic heterocycles. The van der Waals surface area contributed by atoms with Gasteiger partial charge in [0, 0.05) is 0 Å². The summed E-state index contributed by atoms with van der Waals surface area (Å²) in [4.78, 5) is 16.1. The molecule has 0 aliphatic carbocycles. The highest BCUT2D eigenvalue weighted by Crippen LogP contribution is 2.35. The molecule has 0 saturated carbocycles. The Morgan fingerprint density at radius 1 is 1.45 bits per heavy atom. The zero-order valence-corrected chi connectivity index (χ0v) is 8.06. The van der Waals surface area contributed by atoms with Crippen molar-refractivity contribution >= 4 is 17.7 Å². The van der Waals surface area contributed by atoms with Crippen molar-refractivity contribution in [2.24, 2.45) is 0 Å². The van der Waals surface area contributed by atoms with Gasteiger partial charge in [-0.05, 0) is 0 Å². The van der Waals surface area contributed by atoms with E-state index in [2.05, 4.69) is 4.52 Å². The van der Waals surface area contributed by atoms with Crippen molar-refractivity contribution in [2.45, 2.75) is 6.10 Å². The Morgan fingerprint density at radius 3 is 2.18 bits per heavy atom.